The molecule has 1 aliphatic rings. The molecule has 0 spiro atoms. The number of halogens is 2. The number of hydrogen-bond donors (Lipinski definition) is 2. The molecular weight excluding hydrogens is 465 g/mol. The Kier molecular flexibility index (Phi) is 7.13. The van der Waals surface area contributed by atoms with Gasteiger partial charge in [-0.05, 0) is 31.0 Å². The van der Waals surface area contributed by atoms with Crippen LogP contribution in [0.1, 0.15) is 44.3 Å². The van der Waals surface area contributed by atoms with E-state index < -0.39 is 0 Å². The summed E-state index contributed by atoms with van der Waals surface area (Å²) in [7, 11) is 1.60. The molecule has 0 bridgehead atoms. The minimum absolute atomic E-state index is 0.435. The van der Waals surface area contributed by atoms with Gasteiger partial charge in [0, 0.05) is 11.7 Å². The van der Waals surface area contributed by atoms with Gasteiger partial charge < -0.3 is 15.4 Å². The maximum absolute atomic E-state index is 6.20. The van der Waals surface area contributed by atoms with E-state index in [9.17, 15) is 0 Å². The first-order valence-corrected chi connectivity index (χ1v) is 10.8. The smallest absolute Gasteiger partial charge is 0.232 e. The van der Waals surface area contributed by atoms with Crippen molar-refractivity contribution in [2.24, 2.45) is 0 Å². The zero-order valence-corrected chi connectivity index (χ0v) is 17.7. The van der Waals surface area contributed by atoms with E-state index in [1.807, 2.05) is 12.1 Å². The van der Waals surface area contributed by atoms with Crippen LogP contribution in [0.5, 0.6) is 5.75 Å². The van der Waals surface area contributed by atoms with Crippen molar-refractivity contribution in [3.8, 4) is 5.75 Å². The number of methoxy groups -OCH3 is 1. The number of rotatable bonds is 6. The van der Waals surface area contributed by atoms with Gasteiger partial charge in [-0.1, -0.05) is 59.9 Å². The van der Waals surface area contributed by atoms with E-state index in [0.29, 0.717) is 28.7 Å². The Morgan fingerprint density at radius 3 is 2.50 bits per heavy atom. The highest BCUT2D eigenvalue weighted by Crippen LogP contribution is 2.28. The van der Waals surface area contributed by atoms with Crippen LogP contribution >= 0.6 is 34.2 Å². The highest BCUT2D eigenvalue weighted by Gasteiger charge is 2.15. The molecule has 8 heteroatoms. The molecule has 6 nitrogen and oxygen atoms in total. The molecule has 2 aromatic rings. The van der Waals surface area contributed by atoms with E-state index in [4.69, 9.17) is 16.3 Å². The number of aromatic nitrogens is 3. The topological polar surface area (TPSA) is 72.0 Å². The summed E-state index contributed by atoms with van der Waals surface area (Å²) in [6.45, 7) is 0. The molecule has 0 radical (unpaired) electrons. The van der Waals surface area contributed by atoms with E-state index in [2.05, 4.69) is 48.2 Å². The van der Waals surface area contributed by atoms with Crippen molar-refractivity contribution in [2.75, 3.05) is 17.7 Å². The number of hydrogen-bond acceptors (Lipinski definition) is 6. The average Bonchev–Trinajstić information content (AvgIpc) is 2.90. The van der Waals surface area contributed by atoms with Crippen LogP contribution in [0.4, 0.5) is 17.6 Å². The maximum atomic E-state index is 6.20. The second kappa shape index (κ2) is 9.55. The van der Waals surface area contributed by atoms with Crippen molar-refractivity contribution < 1.29 is 4.74 Å². The summed E-state index contributed by atoms with van der Waals surface area (Å²) in [6.07, 6.45) is 7.50. The van der Waals surface area contributed by atoms with Gasteiger partial charge in [-0.15, -0.1) is 0 Å². The van der Waals surface area contributed by atoms with Crippen molar-refractivity contribution in [1.29, 1.82) is 0 Å². The Morgan fingerprint density at radius 2 is 1.85 bits per heavy atom. The van der Waals surface area contributed by atoms with Gasteiger partial charge in [0.15, 0.2) is 0 Å². The van der Waals surface area contributed by atoms with Gasteiger partial charge in [-0.2, -0.15) is 15.0 Å². The van der Waals surface area contributed by atoms with E-state index in [0.717, 1.165) is 15.9 Å². The molecule has 0 saturated heterocycles. The molecule has 1 heterocycles. The van der Waals surface area contributed by atoms with Crippen molar-refractivity contribution >= 4 is 51.8 Å². The Bertz CT molecular complexity index is 738. The number of ether oxygens (including phenoxy) is 1. The van der Waals surface area contributed by atoms with Gasteiger partial charge in [-0.25, -0.2) is 0 Å². The SMILES string of the molecule is COc1ccc(Nc2nc(CI)nc(NC3CCCCCC3)n2)cc1Cl. The van der Waals surface area contributed by atoms with Crippen LogP contribution in [0.3, 0.4) is 0 Å². The molecule has 3 rings (SSSR count). The van der Waals surface area contributed by atoms with Crippen LogP contribution < -0.4 is 15.4 Å². The van der Waals surface area contributed by atoms with Crippen LogP contribution in [0, 0.1) is 0 Å². The normalized spacial score (nSPS) is 15.3. The average molecular weight is 488 g/mol. The first-order chi connectivity index (χ1) is 12.7. The molecule has 0 atom stereocenters. The van der Waals surface area contributed by atoms with E-state index in [1.165, 1.54) is 38.5 Å². The number of nitrogens with one attached hydrogen (secondary N) is 2. The number of alkyl halides is 1. The Labute approximate surface area is 172 Å². The number of nitrogens with zero attached hydrogens (tertiary/aromatic N) is 3. The summed E-state index contributed by atoms with van der Waals surface area (Å²) in [4.78, 5) is 13.6. The highest BCUT2D eigenvalue weighted by atomic mass is 127. The maximum Gasteiger partial charge on any atom is 0.232 e. The first kappa shape index (κ1) is 19.4. The number of anilines is 3. The second-order valence-electron chi connectivity index (χ2n) is 6.34. The third-order valence-electron chi connectivity index (χ3n) is 4.40. The summed E-state index contributed by atoms with van der Waals surface area (Å²) >= 11 is 8.46. The van der Waals surface area contributed by atoms with Crippen LogP contribution in [0.25, 0.3) is 0 Å². The van der Waals surface area contributed by atoms with E-state index >= 15 is 0 Å². The van der Waals surface area contributed by atoms with E-state index in [1.54, 1.807) is 13.2 Å². The zero-order chi connectivity index (χ0) is 18.4. The van der Waals surface area contributed by atoms with Crippen LogP contribution in [-0.2, 0) is 4.43 Å². The quantitative estimate of drug-likeness (QED) is 0.325. The minimum Gasteiger partial charge on any atom is -0.495 e. The molecule has 1 aromatic heterocycles. The predicted octanol–water partition coefficient (Wildman–Crippen LogP) is 5.35. The first-order valence-electron chi connectivity index (χ1n) is 8.86. The van der Waals surface area contributed by atoms with Gasteiger partial charge in [0.2, 0.25) is 11.9 Å². The van der Waals surface area contributed by atoms with Crippen molar-refractivity contribution in [3.63, 3.8) is 0 Å². The largest absolute Gasteiger partial charge is 0.495 e. The van der Waals surface area contributed by atoms with E-state index in [-0.39, 0.29) is 0 Å². The lowest BCUT2D eigenvalue weighted by Gasteiger charge is -2.17. The van der Waals surface area contributed by atoms with Crippen molar-refractivity contribution in [1.82, 2.24) is 15.0 Å². The molecule has 0 amide bonds. The molecule has 140 valence electrons. The van der Waals surface area contributed by atoms with Crippen LogP contribution in [-0.4, -0.2) is 28.1 Å². The predicted molar refractivity (Wildman–Crippen MR) is 114 cm³/mol. The van der Waals surface area contributed by atoms with Crippen LogP contribution in [0.15, 0.2) is 18.2 Å². The Hall–Kier alpha value is -1.35. The summed E-state index contributed by atoms with van der Waals surface area (Å²) < 4.78 is 5.91. The fourth-order valence-corrected chi connectivity index (χ4v) is 3.68. The van der Waals surface area contributed by atoms with Gasteiger partial charge in [0.25, 0.3) is 0 Å². The summed E-state index contributed by atoms with van der Waals surface area (Å²) in [5.74, 6) is 2.54. The van der Waals surface area contributed by atoms with Crippen molar-refractivity contribution in [2.45, 2.75) is 49.0 Å². The lowest BCUT2D eigenvalue weighted by atomic mass is 10.1. The van der Waals surface area contributed by atoms with Gasteiger partial charge in [0.1, 0.15) is 11.6 Å². The minimum atomic E-state index is 0.435. The third kappa shape index (κ3) is 5.33. The van der Waals surface area contributed by atoms with Crippen molar-refractivity contribution in [3.05, 3.63) is 29.0 Å². The Morgan fingerprint density at radius 1 is 1.12 bits per heavy atom. The lowest BCUT2D eigenvalue weighted by molar-refractivity contribution is 0.415. The monoisotopic (exact) mass is 487 g/mol. The molecule has 2 N–H and O–H groups in total. The molecular formula is C18H23ClIN5O. The molecule has 26 heavy (non-hydrogen) atoms. The third-order valence-corrected chi connectivity index (χ3v) is 5.38. The lowest BCUT2D eigenvalue weighted by Crippen LogP contribution is -2.21. The molecule has 0 unspecified atom stereocenters. The number of benzene rings is 1. The standard InChI is InChI=1S/C18H23ClIN5O/c1-26-15-9-8-13(10-14(15)19)22-18-24-16(11-20)23-17(25-18)21-12-6-4-2-3-5-7-12/h8-10,12H,2-7,11H2,1H3,(H2,21,22,23,24,25). The zero-order valence-electron chi connectivity index (χ0n) is 14.8. The van der Waals surface area contributed by atoms with Crippen LogP contribution in [0.2, 0.25) is 5.02 Å². The molecule has 1 fully saturated rings. The molecule has 1 saturated carbocycles. The van der Waals surface area contributed by atoms with Gasteiger partial charge >= 0.3 is 0 Å². The highest BCUT2D eigenvalue weighted by molar-refractivity contribution is 14.1. The molecule has 1 aromatic carbocycles. The molecule has 1 aliphatic carbocycles. The van der Waals surface area contributed by atoms with Gasteiger partial charge in [-0.3, -0.25) is 0 Å². The fraction of sp³-hybridized carbons (Fsp3) is 0.500. The molecule has 0 aliphatic heterocycles. The fourth-order valence-electron chi connectivity index (χ4n) is 3.08. The summed E-state index contributed by atoms with van der Waals surface area (Å²) in [5, 5.41) is 7.25. The summed E-state index contributed by atoms with van der Waals surface area (Å²) in [6, 6.07) is 5.93. The van der Waals surface area contributed by atoms with Gasteiger partial charge in [0.05, 0.1) is 16.6 Å². The second-order valence-corrected chi connectivity index (χ2v) is 7.51. The summed E-state index contributed by atoms with van der Waals surface area (Å²) in [5.41, 5.74) is 0.807. The Balaban J connectivity index is 1.77.